The van der Waals surface area contributed by atoms with E-state index in [9.17, 15) is 19.1 Å². The van der Waals surface area contributed by atoms with Crippen molar-refractivity contribution < 1.29 is 19.1 Å². The Morgan fingerprint density at radius 1 is 1.10 bits per heavy atom. The zero-order valence-corrected chi connectivity index (χ0v) is 10.5. The number of phenolic OH excluding ortho intramolecular Hbond substituents is 1. The Bertz CT molecular complexity index is 804. The van der Waals surface area contributed by atoms with Gasteiger partial charge in [-0.15, -0.1) is 0 Å². The molecule has 3 rings (SSSR count). The highest BCUT2D eigenvalue weighted by Crippen LogP contribution is 2.33. The predicted octanol–water partition coefficient (Wildman–Crippen LogP) is 2.20. The molecule has 0 radical (unpaired) electrons. The maximum absolute atomic E-state index is 14.0. The summed E-state index contributed by atoms with van der Waals surface area (Å²) in [6.45, 7) is 0. The molecule has 2 amide bonds. The monoisotopic (exact) mass is 282 g/mol. The quantitative estimate of drug-likeness (QED) is 0.813. The first-order valence-electron chi connectivity index (χ1n) is 5.95. The van der Waals surface area contributed by atoms with Crippen molar-refractivity contribution in [1.82, 2.24) is 0 Å². The van der Waals surface area contributed by atoms with Gasteiger partial charge in [0.2, 0.25) is 0 Å². The first-order chi connectivity index (χ1) is 10.0. The van der Waals surface area contributed by atoms with E-state index >= 15 is 0 Å². The molecule has 5 nitrogen and oxygen atoms in total. The predicted molar refractivity (Wildman–Crippen MR) is 70.4 cm³/mol. The molecule has 0 bridgehead atoms. The van der Waals surface area contributed by atoms with Crippen LogP contribution in [0.3, 0.4) is 0 Å². The molecule has 1 heterocycles. The van der Waals surface area contributed by atoms with Crippen molar-refractivity contribution in [1.29, 1.82) is 5.26 Å². The van der Waals surface area contributed by atoms with E-state index in [0.717, 1.165) is 12.1 Å². The largest absolute Gasteiger partial charge is 0.506 e. The van der Waals surface area contributed by atoms with E-state index in [2.05, 4.69) is 0 Å². The van der Waals surface area contributed by atoms with E-state index in [0.29, 0.717) is 4.90 Å². The second-order valence-corrected chi connectivity index (χ2v) is 4.42. The van der Waals surface area contributed by atoms with Crippen molar-refractivity contribution in [2.75, 3.05) is 4.90 Å². The number of fused-ring (bicyclic) bond motifs is 1. The molecular weight excluding hydrogens is 275 g/mol. The lowest BCUT2D eigenvalue weighted by atomic mass is 10.1. The van der Waals surface area contributed by atoms with Crippen LogP contribution in [0, 0.1) is 17.1 Å². The average Bonchev–Trinajstić information content (AvgIpc) is 2.74. The van der Waals surface area contributed by atoms with Gasteiger partial charge in [-0.05, 0) is 18.2 Å². The number of anilines is 1. The summed E-state index contributed by atoms with van der Waals surface area (Å²) in [5.41, 5.74) is -0.304. The third-order valence-electron chi connectivity index (χ3n) is 3.22. The van der Waals surface area contributed by atoms with Crippen LogP contribution in [0.25, 0.3) is 0 Å². The van der Waals surface area contributed by atoms with Crippen LogP contribution in [0.5, 0.6) is 5.75 Å². The molecule has 1 N–H and O–H groups in total. The molecule has 0 aliphatic carbocycles. The topological polar surface area (TPSA) is 81.4 Å². The van der Waals surface area contributed by atoms with E-state index in [1.807, 2.05) is 0 Å². The van der Waals surface area contributed by atoms with Crippen LogP contribution in [0.15, 0.2) is 36.4 Å². The molecule has 0 atom stereocenters. The maximum atomic E-state index is 14.0. The lowest BCUT2D eigenvalue weighted by molar-refractivity contribution is 0.0925. The minimum Gasteiger partial charge on any atom is -0.506 e. The van der Waals surface area contributed by atoms with E-state index in [-0.39, 0.29) is 22.4 Å². The Morgan fingerprint density at radius 3 is 2.19 bits per heavy atom. The number of nitriles is 1. The smallest absolute Gasteiger partial charge is 0.266 e. The number of rotatable bonds is 1. The van der Waals surface area contributed by atoms with Gasteiger partial charge in [-0.3, -0.25) is 9.59 Å². The second-order valence-electron chi connectivity index (χ2n) is 4.42. The molecule has 2 aromatic rings. The normalized spacial score (nSPS) is 13.2. The fraction of sp³-hybridized carbons (Fsp3) is 0. The fourth-order valence-electron chi connectivity index (χ4n) is 2.22. The van der Waals surface area contributed by atoms with E-state index < -0.39 is 23.4 Å². The molecule has 1 aliphatic heterocycles. The van der Waals surface area contributed by atoms with E-state index in [4.69, 9.17) is 5.26 Å². The highest BCUT2D eigenvalue weighted by Gasteiger charge is 2.38. The fourth-order valence-corrected chi connectivity index (χ4v) is 2.22. The van der Waals surface area contributed by atoms with Crippen LogP contribution in [0.2, 0.25) is 0 Å². The number of carbonyl (C=O) groups excluding carboxylic acids is 2. The minimum atomic E-state index is -0.932. The second kappa shape index (κ2) is 4.42. The van der Waals surface area contributed by atoms with Crippen molar-refractivity contribution in [3.8, 4) is 11.8 Å². The van der Waals surface area contributed by atoms with E-state index in [1.165, 1.54) is 12.1 Å². The van der Waals surface area contributed by atoms with Gasteiger partial charge in [0.05, 0.1) is 22.4 Å². The summed E-state index contributed by atoms with van der Waals surface area (Å²) >= 11 is 0. The van der Waals surface area contributed by atoms with Gasteiger partial charge >= 0.3 is 0 Å². The highest BCUT2D eigenvalue weighted by atomic mass is 19.1. The van der Waals surface area contributed by atoms with Crippen LogP contribution in [-0.2, 0) is 0 Å². The summed E-state index contributed by atoms with van der Waals surface area (Å²) in [6, 6.07) is 9.43. The molecule has 0 saturated carbocycles. The van der Waals surface area contributed by atoms with Gasteiger partial charge in [0.15, 0.2) is 0 Å². The molecule has 21 heavy (non-hydrogen) atoms. The molecule has 102 valence electrons. The molecule has 0 unspecified atom stereocenters. The zero-order chi connectivity index (χ0) is 15.1. The van der Waals surface area contributed by atoms with Crippen LogP contribution < -0.4 is 4.90 Å². The van der Waals surface area contributed by atoms with Crippen molar-refractivity contribution in [2.24, 2.45) is 0 Å². The molecule has 0 spiro atoms. The van der Waals surface area contributed by atoms with Crippen LogP contribution in [0.4, 0.5) is 10.1 Å². The van der Waals surface area contributed by atoms with Crippen molar-refractivity contribution >= 4 is 17.5 Å². The Morgan fingerprint density at radius 2 is 1.67 bits per heavy atom. The van der Waals surface area contributed by atoms with Crippen LogP contribution in [-0.4, -0.2) is 16.9 Å². The first-order valence-corrected chi connectivity index (χ1v) is 5.95. The summed E-state index contributed by atoms with van der Waals surface area (Å²) in [7, 11) is 0. The number of halogens is 1. The summed E-state index contributed by atoms with van der Waals surface area (Å²) in [5.74, 6) is -2.76. The highest BCUT2D eigenvalue weighted by molar-refractivity contribution is 6.34. The summed E-state index contributed by atoms with van der Waals surface area (Å²) < 4.78 is 14.0. The molecule has 0 saturated heterocycles. The number of amides is 2. The van der Waals surface area contributed by atoms with Gasteiger partial charge in [-0.25, -0.2) is 9.29 Å². The third kappa shape index (κ3) is 1.75. The van der Waals surface area contributed by atoms with Gasteiger partial charge in [0, 0.05) is 6.07 Å². The molecule has 0 fully saturated rings. The SMILES string of the molecule is N#Cc1cc(F)c(N2C(=O)c3ccccc3C2=O)cc1O. The standard InChI is InChI=1S/C15H7FN2O3/c16-11-5-8(7-17)13(19)6-12(11)18-14(20)9-3-1-2-4-10(9)15(18)21/h1-6,19H. The summed E-state index contributed by atoms with van der Waals surface area (Å²) in [5, 5.41) is 18.3. The van der Waals surface area contributed by atoms with E-state index in [1.54, 1.807) is 18.2 Å². The Hall–Kier alpha value is -3.20. The minimum absolute atomic E-state index is 0.172. The molecule has 2 aromatic carbocycles. The van der Waals surface area contributed by atoms with Crippen LogP contribution in [0.1, 0.15) is 26.3 Å². The van der Waals surface area contributed by atoms with Gasteiger partial charge < -0.3 is 5.11 Å². The van der Waals surface area contributed by atoms with Gasteiger partial charge in [-0.1, -0.05) is 12.1 Å². The average molecular weight is 282 g/mol. The van der Waals surface area contributed by atoms with Gasteiger partial charge in [-0.2, -0.15) is 5.26 Å². The maximum Gasteiger partial charge on any atom is 0.266 e. The Kier molecular flexibility index (Phi) is 2.70. The molecular formula is C15H7FN2O3. The third-order valence-corrected chi connectivity index (χ3v) is 3.22. The zero-order valence-electron chi connectivity index (χ0n) is 10.5. The molecule has 6 heteroatoms. The number of nitrogens with zero attached hydrogens (tertiary/aromatic N) is 2. The lowest BCUT2D eigenvalue weighted by Gasteiger charge is -2.15. The van der Waals surface area contributed by atoms with Crippen LogP contribution >= 0.6 is 0 Å². The number of carbonyl (C=O) groups is 2. The lowest BCUT2D eigenvalue weighted by Crippen LogP contribution is -2.30. The van der Waals surface area contributed by atoms with Gasteiger partial charge in [0.25, 0.3) is 11.8 Å². The number of phenols is 1. The number of hydrogen-bond donors (Lipinski definition) is 1. The first kappa shape index (κ1) is 12.8. The number of aromatic hydroxyl groups is 1. The number of imide groups is 1. The van der Waals surface area contributed by atoms with Crippen molar-refractivity contribution in [3.05, 3.63) is 58.9 Å². The Balaban J connectivity index is 2.16. The Labute approximate surface area is 118 Å². The number of benzene rings is 2. The number of hydrogen-bond acceptors (Lipinski definition) is 4. The van der Waals surface area contributed by atoms with Crippen molar-refractivity contribution in [3.63, 3.8) is 0 Å². The van der Waals surface area contributed by atoms with Crippen molar-refractivity contribution in [2.45, 2.75) is 0 Å². The van der Waals surface area contributed by atoms with Gasteiger partial charge in [0.1, 0.15) is 17.6 Å². The summed E-state index contributed by atoms with van der Waals surface area (Å²) in [6.07, 6.45) is 0. The summed E-state index contributed by atoms with van der Waals surface area (Å²) in [4.78, 5) is 25.1. The molecule has 0 aromatic heterocycles. The molecule has 1 aliphatic rings.